The van der Waals surface area contributed by atoms with E-state index in [2.05, 4.69) is 4.74 Å². The normalized spacial score (nSPS) is 49.2. The Morgan fingerprint density at radius 2 is 1.50 bits per heavy atom. The fourth-order valence-electron chi connectivity index (χ4n) is 1.08. The fourth-order valence-corrected chi connectivity index (χ4v) is 1.08. The van der Waals surface area contributed by atoms with Crippen LogP contribution in [0.5, 0.6) is 0 Å². The molecule has 1 rings (SSSR count). The van der Waals surface area contributed by atoms with Crippen molar-refractivity contribution in [1.29, 1.82) is 0 Å². The van der Waals surface area contributed by atoms with E-state index in [0.29, 0.717) is 0 Å². The van der Waals surface area contributed by atoms with Gasteiger partial charge in [0.2, 0.25) is 0 Å². The van der Waals surface area contributed by atoms with Crippen molar-refractivity contribution in [2.24, 2.45) is 0 Å². The standard InChI is InChI=1S/C6H12O6/c7-1-2-3(8)4(9)5(10)6(11)12-2/h2-11H,1H2/t2-,3-,4+,5-,6?/m1/s1/i1+1,2+1,3+1,4+1,5+1. The molecular formula is C6H12O6. The van der Waals surface area contributed by atoms with E-state index in [1.807, 2.05) is 0 Å². The maximum atomic E-state index is 9.12. The minimum Gasteiger partial charge on any atom is -0.394 e. The van der Waals surface area contributed by atoms with Crippen LogP contribution in [-0.2, 0) is 4.74 Å². The minimum atomic E-state index is -1.57. The second-order valence-electron chi connectivity index (χ2n) is 2.72. The summed E-state index contributed by atoms with van der Waals surface area (Å²) in [4.78, 5) is 0. The Hall–Kier alpha value is -0.240. The molecule has 5 atom stereocenters. The van der Waals surface area contributed by atoms with E-state index in [0.717, 1.165) is 0 Å². The zero-order valence-corrected chi connectivity index (χ0v) is 6.24. The second kappa shape index (κ2) is 3.65. The van der Waals surface area contributed by atoms with E-state index in [-0.39, 0.29) is 0 Å². The highest BCUT2D eigenvalue weighted by Gasteiger charge is 2.42. The Kier molecular flexibility index (Phi) is 2.99. The van der Waals surface area contributed by atoms with E-state index in [1.54, 1.807) is 0 Å². The summed E-state index contributed by atoms with van der Waals surface area (Å²) in [7, 11) is 0. The smallest absolute Gasteiger partial charge is 0.184 e. The van der Waals surface area contributed by atoms with Gasteiger partial charge in [0.15, 0.2) is 6.29 Å². The molecule has 0 saturated carbocycles. The first-order chi connectivity index (χ1) is 5.57. The Balaban J connectivity index is 2.63. The van der Waals surface area contributed by atoms with E-state index in [1.165, 1.54) is 0 Å². The Bertz CT molecular complexity index is 146. The van der Waals surface area contributed by atoms with Crippen LogP contribution < -0.4 is 0 Å². The van der Waals surface area contributed by atoms with Crippen molar-refractivity contribution in [1.82, 2.24) is 0 Å². The van der Waals surface area contributed by atoms with Crippen LogP contribution in [-0.4, -0.2) is 62.8 Å². The lowest BCUT2D eigenvalue weighted by Gasteiger charge is -2.37. The van der Waals surface area contributed by atoms with Gasteiger partial charge in [-0.1, -0.05) is 0 Å². The summed E-state index contributed by atoms with van der Waals surface area (Å²) >= 11 is 0. The summed E-state index contributed by atoms with van der Waals surface area (Å²) in [6.07, 6.45) is -7.04. The van der Waals surface area contributed by atoms with Gasteiger partial charge in [0, 0.05) is 0 Å². The summed E-state index contributed by atoms with van der Waals surface area (Å²) in [6.45, 7) is -0.526. The molecule has 0 aromatic rings. The zero-order valence-electron chi connectivity index (χ0n) is 6.24. The lowest BCUT2D eigenvalue weighted by atomic mass is 10.7. The summed E-state index contributed by atoms with van der Waals surface area (Å²) in [5.41, 5.74) is 0. The lowest BCUT2D eigenvalue weighted by Crippen LogP contribution is -2.58. The van der Waals surface area contributed by atoms with Gasteiger partial charge in [-0.2, -0.15) is 0 Å². The quantitative estimate of drug-likeness (QED) is 0.275. The molecule has 6 heteroatoms. The Morgan fingerprint density at radius 1 is 0.917 bits per heavy atom. The predicted octanol–water partition coefficient (Wildman–Crippen LogP) is -3.22. The maximum absolute atomic E-state index is 9.12. The molecule has 72 valence electrons. The van der Waals surface area contributed by atoms with Gasteiger partial charge in [-0.15, -0.1) is 0 Å². The summed E-state index contributed by atoms with van der Waals surface area (Å²) in [5.74, 6) is 0. The highest BCUT2D eigenvalue weighted by atomic mass is 16.7. The topological polar surface area (TPSA) is 110 Å². The molecular weight excluding hydrogens is 173 g/mol. The third-order valence-corrected chi connectivity index (χ3v) is 1.87. The van der Waals surface area contributed by atoms with E-state index in [9.17, 15) is 0 Å². The van der Waals surface area contributed by atoms with Gasteiger partial charge >= 0.3 is 0 Å². The number of aliphatic hydroxyl groups excluding tert-OH is 5. The van der Waals surface area contributed by atoms with Gasteiger partial charge in [-0.3, -0.25) is 0 Å². The molecule has 1 unspecified atom stereocenters. The molecule has 0 amide bonds. The van der Waals surface area contributed by atoms with Crippen LogP contribution in [0.25, 0.3) is 0 Å². The number of ether oxygens (including phenoxy) is 1. The van der Waals surface area contributed by atoms with Crippen LogP contribution in [0.3, 0.4) is 0 Å². The number of hydrogen-bond donors (Lipinski definition) is 5. The molecule has 0 bridgehead atoms. The fraction of sp³-hybridized carbons (Fsp3) is 1.00. The van der Waals surface area contributed by atoms with Crippen molar-refractivity contribution in [2.45, 2.75) is 30.7 Å². The predicted molar refractivity (Wildman–Crippen MR) is 36.0 cm³/mol. The first-order valence-corrected chi connectivity index (χ1v) is 3.56. The molecule has 0 radical (unpaired) electrons. The molecule has 1 saturated heterocycles. The summed E-state index contributed by atoms with van der Waals surface area (Å²) < 4.78 is 4.58. The van der Waals surface area contributed by atoms with E-state index in [4.69, 9.17) is 25.5 Å². The van der Waals surface area contributed by atoms with Gasteiger partial charge in [-0.05, 0) is 0 Å². The van der Waals surface area contributed by atoms with Crippen LogP contribution in [0, 0.1) is 0 Å². The molecule has 12 heavy (non-hydrogen) atoms. The van der Waals surface area contributed by atoms with Crippen LogP contribution in [0.4, 0.5) is 0 Å². The monoisotopic (exact) mass is 185 g/mol. The Morgan fingerprint density at radius 3 is 2.00 bits per heavy atom. The number of aliphatic hydroxyl groups is 5. The number of hydrogen-bond acceptors (Lipinski definition) is 6. The van der Waals surface area contributed by atoms with Gasteiger partial charge in [-0.25, -0.2) is 0 Å². The van der Waals surface area contributed by atoms with Crippen molar-refractivity contribution in [3.63, 3.8) is 0 Å². The van der Waals surface area contributed by atoms with Crippen molar-refractivity contribution in [3.05, 3.63) is 0 Å². The summed E-state index contributed by atoms with van der Waals surface area (Å²) in [6, 6.07) is 0. The molecule has 1 aliphatic rings. The Labute approximate surface area is 68.6 Å². The van der Waals surface area contributed by atoms with Gasteiger partial charge in [0.25, 0.3) is 0 Å². The highest BCUT2D eigenvalue weighted by molar-refractivity contribution is 4.87. The van der Waals surface area contributed by atoms with Crippen LogP contribution in [0.15, 0.2) is 0 Å². The van der Waals surface area contributed by atoms with Crippen molar-refractivity contribution in [3.8, 4) is 0 Å². The van der Waals surface area contributed by atoms with E-state index < -0.39 is 37.3 Å². The van der Waals surface area contributed by atoms with Crippen LogP contribution >= 0.6 is 0 Å². The van der Waals surface area contributed by atoms with Crippen molar-refractivity contribution in [2.75, 3.05) is 6.61 Å². The lowest BCUT2D eigenvalue weighted by molar-refractivity contribution is -0.286. The first kappa shape index (κ1) is 9.85. The van der Waals surface area contributed by atoms with Crippen molar-refractivity contribution < 1.29 is 30.3 Å². The molecule has 0 aromatic carbocycles. The number of rotatable bonds is 1. The van der Waals surface area contributed by atoms with Gasteiger partial charge in [0.05, 0.1) is 6.61 Å². The summed E-state index contributed by atoms with van der Waals surface area (Å²) in [5, 5.41) is 44.7. The first-order valence-electron chi connectivity index (χ1n) is 3.56. The largest absolute Gasteiger partial charge is 0.394 e. The minimum absolute atomic E-state index is 0.526. The molecule has 1 fully saturated rings. The van der Waals surface area contributed by atoms with Crippen molar-refractivity contribution >= 4 is 0 Å². The molecule has 6 nitrogen and oxygen atoms in total. The van der Waals surface area contributed by atoms with E-state index >= 15 is 0 Å². The molecule has 5 N–H and O–H groups in total. The molecule has 0 aliphatic carbocycles. The van der Waals surface area contributed by atoms with Gasteiger partial charge < -0.3 is 30.3 Å². The molecule has 0 aromatic heterocycles. The average Bonchev–Trinajstić information content (AvgIpc) is 2.08. The maximum Gasteiger partial charge on any atom is 0.184 e. The molecule has 0 spiro atoms. The SMILES string of the molecule is O[13CH2][13C@H]1OC(O)[13C@H](O)[13C@@H](O)[13C@@H]1O. The van der Waals surface area contributed by atoms with Crippen LogP contribution in [0.1, 0.15) is 0 Å². The zero-order chi connectivity index (χ0) is 9.30. The molecule has 1 heterocycles. The highest BCUT2D eigenvalue weighted by Crippen LogP contribution is 2.18. The average molecular weight is 185 g/mol. The van der Waals surface area contributed by atoms with Crippen LogP contribution in [0.2, 0.25) is 0 Å². The molecule has 1 aliphatic heterocycles. The third kappa shape index (κ3) is 1.58. The van der Waals surface area contributed by atoms with Gasteiger partial charge in [0.1, 0.15) is 24.4 Å². The third-order valence-electron chi connectivity index (χ3n) is 1.87. The second-order valence-corrected chi connectivity index (χ2v) is 2.72.